The minimum absolute atomic E-state index is 0.613. The Bertz CT molecular complexity index is 354. The van der Waals surface area contributed by atoms with Crippen molar-refractivity contribution in [3.8, 4) is 12.1 Å². The average molecular weight is 194 g/mol. The molecule has 0 amide bonds. The third-order valence-electron chi connectivity index (χ3n) is 1.20. The third-order valence-corrected chi connectivity index (χ3v) is 3.41. The lowest BCUT2D eigenvalue weighted by atomic mass is 10.3. The summed E-state index contributed by atoms with van der Waals surface area (Å²) in [4.78, 5) is 0.613. The summed E-state index contributed by atoms with van der Waals surface area (Å²) < 4.78 is 0.955. The zero-order chi connectivity index (χ0) is 8.97. The van der Waals surface area contributed by atoms with Gasteiger partial charge >= 0.3 is 0 Å². The summed E-state index contributed by atoms with van der Waals surface area (Å²) >= 11 is 3.00. The Hall–Kier alpha value is -0.970. The van der Waals surface area contributed by atoms with Crippen LogP contribution in [0.15, 0.2) is 10.3 Å². The molecule has 0 atom stereocenters. The monoisotopic (exact) mass is 194 g/mol. The third kappa shape index (κ3) is 1.79. The van der Waals surface area contributed by atoms with Gasteiger partial charge in [0.1, 0.15) is 17.0 Å². The van der Waals surface area contributed by atoms with E-state index in [-0.39, 0.29) is 0 Å². The standard InChI is InChI=1S/C8H6N2S2/c1-2-11-8-6(4-9)3-7(5-10)12-8/h3H,2H2,1H3. The molecule has 0 aliphatic heterocycles. The van der Waals surface area contributed by atoms with Gasteiger partial charge in [-0.15, -0.1) is 23.1 Å². The molecule has 0 unspecified atom stereocenters. The molecule has 0 N–H and O–H groups in total. The van der Waals surface area contributed by atoms with Gasteiger partial charge in [0.25, 0.3) is 0 Å². The molecule has 1 heterocycles. The minimum Gasteiger partial charge on any atom is -0.192 e. The number of hydrogen-bond donors (Lipinski definition) is 0. The first-order valence-corrected chi connectivity index (χ1v) is 5.18. The van der Waals surface area contributed by atoms with Crippen molar-refractivity contribution in [3.05, 3.63) is 16.5 Å². The van der Waals surface area contributed by atoms with Crippen LogP contribution < -0.4 is 0 Å². The summed E-state index contributed by atoms with van der Waals surface area (Å²) in [5, 5.41) is 17.3. The van der Waals surface area contributed by atoms with Crippen molar-refractivity contribution in [2.45, 2.75) is 11.1 Å². The Balaban J connectivity index is 3.04. The van der Waals surface area contributed by atoms with Gasteiger partial charge in [0.05, 0.1) is 9.77 Å². The van der Waals surface area contributed by atoms with Crippen molar-refractivity contribution >= 4 is 23.1 Å². The summed E-state index contributed by atoms with van der Waals surface area (Å²) in [6, 6.07) is 5.75. The fourth-order valence-corrected chi connectivity index (χ4v) is 2.76. The molecule has 12 heavy (non-hydrogen) atoms. The maximum absolute atomic E-state index is 8.69. The molecular formula is C8H6N2S2. The molecule has 0 spiro atoms. The molecule has 0 saturated heterocycles. The Morgan fingerprint density at radius 2 is 2.25 bits per heavy atom. The van der Waals surface area contributed by atoms with Crippen molar-refractivity contribution < 1.29 is 0 Å². The first-order valence-electron chi connectivity index (χ1n) is 3.38. The molecule has 60 valence electrons. The topological polar surface area (TPSA) is 47.6 Å². The van der Waals surface area contributed by atoms with Crippen molar-refractivity contribution in [1.82, 2.24) is 0 Å². The van der Waals surface area contributed by atoms with Crippen LogP contribution in [-0.4, -0.2) is 5.75 Å². The molecule has 0 fully saturated rings. The van der Waals surface area contributed by atoms with E-state index >= 15 is 0 Å². The molecular weight excluding hydrogens is 188 g/mol. The second-order valence-corrected chi connectivity index (χ2v) is 4.55. The van der Waals surface area contributed by atoms with Gasteiger partial charge in [-0.3, -0.25) is 0 Å². The molecule has 1 aromatic heterocycles. The fraction of sp³-hybridized carbons (Fsp3) is 0.250. The number of thiophene rings is 1. The molecule has 0 aromatic carbocycles. The van der Waals surface area contributed by atoms with Crippen molar-refractivity contribution in [2.75, 3.05) is 5.75 Å². The number of hydrogen-bond acceptors (Lipinski definition) is 4. The summed E-state index contributed by atoms with van der Waals surface area (Å²) in [5.74, 6) is 0.931. The van der Waals surface area contributed by atoms with Crippen LogP contribution in [0.3, 0.4) is 0 Å². The van der Waals surface area contributed by atoms with Crippen LogP contribution in [0.25, 0.3) is 0 Å². The van der Waals surface area contributed by atoms with Gasteiger partial charge in [-0.2, -0.15) is 10.5 Å². The summed E-state index contributed by atoms with van der Waals surface area (Å²) in [5.41, 5.74) is 0.628. The number of nitrogens with zero attached hydrogens (tertiary/aromatic N) is 2. The Morgan fingerprint density at radius 1 is 1.50 bits per heavy atom. The predicted molar refractivity (Wildman–Crippen MR) is 50.1 cm³/mol. The number of rotatable bonds is 2. The largest absolute Gasteiger partial charge is 0.192 e. The highest BCUT2D eigenvalue weighted by Crippen LogP contribution is 2.30. The smallest absolute Gasteiger partial charge is 0.110 e. The maximum Gasteiger partial charge on any atom is 0.110 e. The zero-order valence-electron chi connectivity index (χ0n) is 6.50. The zero-order valence-corrected chi connectivity index (χ0v) is 8.13. The Labute approximate surface area is 79.4 Å². The van der Waals surface area contributed by atoms with E-state index in [0.717, 1.165) is 9.96 Å². The van der Waals surface area contributed by atoms with Crippen LogP contribution in [-0.2, 0) is 0 Å². The molecule has 0 radical (unpaired) electrons. The lowest BCUT2D eigenvalue weighted by Gasteiger charge is -1.90. The fourth-order valence-electron chi connectivity index (χ4n) is 0.746. The Kier molecular flexibility index (Phi) is 3.16. The van der Waals surface area contributed by atoms with Crippen LogP contribution in [0.1, 0.15) is 17.4 Å². The quantitative estimate of drug-likeness (QED) is 0.680. The van der Waals surface area contributed by atoms with E-state index in [1.165, 1.54) is 11.3 Å². The van der Waals surface area contributed by atoms with E-state index in [2.05, 4.69) is 6.07 Å². The molecule has 0 bridgehead atoms. The highest BCUT2D eigenvalue weighted by atomic mass is 32.2. The van der Waals surface area contributed by atoms with Gasteiger partial charge in [-0.25, -0.2) is 0 Å². The molecule has 1 rings (SSSR count). The van der Waals surface area contributed by atoms with Gasteiger partial charge < -0.3 is 0 Å². The van der Waals surface area contributed by atoms with Gasteiger partial charge in [0.2, 0.25) is 0 Å². The first kappa shape index (κ1) is 9.12. The van der Waals surface area contributed by atoms with E-state index in [9.17, 15) is 0 Å². The molecule has 2 nitrogen and oxygen atoms in total. The SMILES string of the molecule is CCSc1sc(C#N)cc1C#N. The van der Waals surface area contributed by atoms with Gasteiger partial charge in [0.15, 0.2) is 0 Å². The maximum atomic E-state index is 8.69. The van der Waals surface area contributed by atoms with E-state index in [1.54, 1.807) is 17.8 Å². The highest BCUT2D eigenvalue weighted by molar-refractivity contribution is 8.01. The first-order chi connectivity index (χ1) is 5.81. The van der Waals surface area contributed by atoms with E-state index in [4.69, 9.17) is 10.5 Å². The predicted octanol–water partition coefficient (Wildman–Crippen LogP) is 2.60. The van der Waals surface area contributed by atoms with Gasteiger partial charge in [-0.05, 0) is 11.8 Å². The van der Waals surface area contributed by atoms with E-state index in [1.807, 2.05) is 13.0 Å². The van der Waals surface area contributed by atoms with Crippen molar-refractivity contribution in [1.29, 1.82) is 10.5 Å². The van der Waals surface area contributed by atoms with Crippen molar-refractivity contribution in [2.24, 2.45) is 0 Å². The van der Waals surface area contributed by atoms with Gasteiger partial charge in [-0.1, -0.05) is 6.92 Å². The van der Waals surface area contributed by atoms with Crippen LogP contribution in [0, 0.1) is 22.7 Å². The lowest BCUT2D eigenvalue weighted by molar-refractivity contribution is 1.45. The highest BCUT2D eigenvalue weighted by Gasteiger charge is 2.07. The molecule has 1 aromatic rings. The van der Waals surface area contributed by atoms with Crippen LogP contribution in [0.2, 0.25) is 0 Å². The van der Waals surface area contributed by atoms with E-state index in [0.29, 0.717) is 10.4 Å². The molecule has 0 saturated carbocycles. The molecule has 0 aliphatic rings. The van der Waals surface area contributed by atoms with E-state index < -0.39 is 0 Å². The van der Waals surface area contributed by atoms with Crippen molar-refractivity contribution in [3.63, 3.8) is 0 Å². The lowest BCUT2D eigenvalue weighted by Crippen LogP contribution is -1.70. The van der Waals surface area contributed by atoms with Crippen LogP contribution in [0.5, 0.6) is 0 Å². The van der Waals surface area contributed by atoms with Crippen LogP contribution in [0.4, 0.5) is 0 Å². The van der Waals surface area contributed by atoms with Gasteiger partial charge in [0, 0.05) is 0 Å². The molecule has 4 heteroatoms. The molecule has 0 aliphatic carbocycles. The summed E-state index contributed by atoms with van der Waals surface area (Å²) in [7, 11) is 0. The number of thioether (sulfide) groups is 1. The second kappa shape index (κ2) is 4.15. The summed E-state index contributed by atoms with van der Waals surface area (Å²) in [6.45, 7) is 2.03. The second-order valence-electron chi connectivity index (χ2n) is 1.97. The minimum atomic E-state index is 0.613. The number of nitriles is 2. The normalized spacial score (nSPS) is 8.92. The van der Waals surface area contributed by atoms with Crippen LogP contribution >= 0.6 is 23.1 Å². The Morgan fingerprint density at radius 3 is 2.75 bits per heavy atom. The average Bonchev–Trinajstić information content (AvgIpc) is 2.48. The summed E-state index contributed by atoms with van der Waals surface area (Å²) in [6.07, 6.45) is 0.